The maximum atomic E-state index is 4.81. The molecule has 0 aliphatic carbocycles. The van der Waals surface area contributed by atoms with Crippen LogP contribution in [-0.2, 0) is 30.0 Å². The van der Waals surface area contributed by atoms with Crippen LogP contribution in [0.3, 0.4) is 0 Å². The number of aryl methyl sites for hydroxylation is 2. The standard InChI is InChI=1S/2C4H6N2.2ClH.Pd/c2*1-6-3-2-5-4-6;;;/h2*2-4H,1H3;2*1H;/q;;;;+2/p-2. The predicted molar refractivity (Wildman–Crippen MR) is 58.1 cm³/mol. The first kappa shape index (κ1) is 14.7. The van der Waals surface area contributed by atoms with Crippen LogP contribution in [0, 0.1) is 0 Å². The van der Waals surface area contributed by atoms with Crippen LogP contribution in [0.2, 0.25) is 0 Å². The first-order chi connectivity index (χ1) is 7.20. The number of aromatic nitrogens is 4. The Morgan fingerprint density at radius 1 is 0.933 bits per heavy atom. The van der Waals surface area contributed by atoms with Crippen molar-refractivity contribution in [3.8, 4) is 0 Å². The van der Waals surface area contributed by atoms with E-state index in [1.807, 2.05) is 35.6 Å². The monoisotopic (exact) mass is 340 g/mol. The van der Waals surface area contributed by atoms with E-state index in [-0.39, 0.29) is 15.9 Å². The fourth-order valence-corrected chi connectivity index (χ4v) is 0.652. The second-order valence-corrected chi connectivity index (χ2v) is 4.86. The van der Waals surface area contributed by atoms with E-state index in [4.69, 9.17) is 19.1 Å². The average molecular weight is 342 g/mol. The molecule has 0 aliphatic rings. The fraction of sp³-hybridized carbons (Fsp3) is 0.250. The number of rotatable bonds is 0. The summed E-state index contributed by atoms with van der Waals surface area (Å²) in [5.41, 5.74) is 0. The van der Waals surface area contributed by atoms with Gasteiger partial charge in [0.1, 0.15) is 0 Å². The van der Waals surface area contributed by atoms with Gasteiger partial charge in [0, 0.05) is 38.9 Å². The average Bonchev–Trinajstić information content (AvgIpc) is 2.81. The molecule has 2 aromatic rings. The van der Waals surface area contributed by atoms with E-state index in [9.17, 15) is 0 Å². The number of hydrogen-bond donors (Lipinski definition) is 0. The molecule has 0 saturated heterocycles. The van der Waals surface area contributed by atoms with Gasteiger partial charge < -0.3 is 9.13 Å². The van der Waals surface area contributed by atoms with E-state index in [0.717, 1.165) is 0 Å². The van der Waals surface area contributed by atoms with Gasteiger partial charge in [-0.05, 0) is 0 Å². The third-order valence-corrected chi connectivity index (χ3v) is 1.27. The van der Waals surface area contributed by atoms with Crippen LogP contribution in [0.1, 0.15) is 0 Å². The first-order valence-electron chi connectivity index (χ1n) is 3.87. The summed E-state index contributed by atoms with van der Waals surface area (Å²) in [6, 6.07) is 0. The van der Waals surface area contributed by atoms with Crippen molar-refractivity contribution in [2.24, 2.45) is 14.1 Å². The molecular formula is C8H12Cl2N4Pd. The molecule has 0 fully saturated rings. The zero-order valence-corrected chi connectivity index (χ0v) is 11.4. The third-order valence-electron chi connectivity index (χ3n) is 1.27. The van der Waals surface area contributed by atoms with Gasteiger partial charge in [-0.2, -0.15) is 0 Å². The molecule has 2 aromatic heterocycles. The van der Waals surface area contributed by atoms with E-state index in [2.05, 4.69) is 9.97 Å². The SMILES string of the molecule is Cn1ccnc1.Cn1ccnc1.[Cl][Pd][Cl]. The van der Waals surface area contributed by atoms with Crippen LogP contribution in [-0.4, -0.2) is 19.1 Å². The van der Waals surface area contributed by atoms with Gasteiger partial charge in [-0.3, -0.25) is 0 Å². The number of nitrogens with zero attached hydrogens (tertiary/aromatic N) is 4. The Morgan fingerprint density at radius 2 is 1.27 bits per heavy atom. The second-order valence-electron chi connectivity index (χ2n) is 2.50. The number of hydrogen-bond acceptors (Lipinski definition) is 2. The van der Waals surface area contributed by atoms with Crippen LogP contribution in [0.5, 0.6) is 0 Å². The molecule has 0 N–H and O–H groups in total. The van der Waals surface area contributed by atoms with Crippen molar-refractivity contribution in [2.75, 3.05) is 0 Å². The topological polar surface area (TPSA) is 35.6 Å². The molecule has 0 aromatic carbocycles. The third kappa shape index (κ3) is 9.96. The Kier molecular flexibility index (Phi) is 9.96. The van der Waals surface area contributed by atoms with Gasteiger partial charge in [-0.1, -0.05) is 0 Å². The fourth-order valence-electron chi connectivity index (χ4n) is 0.652. The van der Waals surface area contributed by atoms with Crippen molar-refractivity contribution in [1.82, 2.24) is 19.1 Å². The quantitative estimate of drug-likeness (QED) is 0.689. The van der Waals surface area contributed by atoms with Gasteiger partial charge in [0.15, 0.2) is 0 Å². The summed E-state index contributed by atoms with van der Waals surface area (Å²) < 4.78 is 3.78. The van der Waals surface area contributed by atoms with Gasteiger partial charge in [0.25, 0.3) is 0 Å². The summed E-state index contributed by atoms with van der Waals surface area (Å²) >= 11 is -0.106. The Labute approximate surface area is 105 Å². The van der Waals surface area contributed by atoms with E-state index >= 15 is 0 Å². The van der Waals surface area contributed by atoms with Crippen molar-refractivity contribution in [3.63, 3.8) is 0 Å². The van der Waals surface area contributed by atoms with Gasteiger partial charge in [0.2, 0.25) is 0 Å². The minimum absolute atomic E-state index is 0.106. The van der Waals surface area contributed by atoms with E-state index in [0.29, 0.717) is 0 Å². The van der Waals surface area contributed by atoms with Gasteiger partial charge in [0.05, 0.1) is 12.7 Å². The number of halogens is 2. The molecular weight excluding hydrogens is 329 g/mol. The van der Waals surface area contributed by atoms with Gasteiger partial charge in [-0.25, -0.2) is 9.97 Å². The Morgan fingerprint density at radius 3 is 1.33 bits per heavy atom. The number of imidazole rings is 2. The summed E-state index contributed by atoms with van der Waals surface area (Å²) in [6.07, 6.45) is 10.8. The van der Waals surface area contributed by atoms with Crippen LogP contribution in [0.15, 0.2) is 37.4 Å². The van der Waals surface area contributed by atoms with Crippen molar-refractivity contribution in [1.29, 1.82) is 0 Å². The maximum absolute atomic E-state index is 4.81. The van der Waals surface area contributed by atoms with Gasteiger partial charge >= 0.3 is 35.0 Å². The van der Waals surface area contributed by atoms with Crippen molar-refractivity contribution in [3.05, 3.63) is 37.4 Å². The molecule has 0 spiro atoms. The van der Waals surface area contributed by atoms with Crippen molar-refractivity contribution in [2.45, 2.75) is 0 Å². The van der Waals surface area contributed by atoms with E-state index in [1.165, 1.54) is 0 Å². The summed E-state index contributed by atoms with van der Waals surface area (Å²) in [5.74, 6) is 0. The molecule has 0 amide bonds. The molecule has 0 saturated carbocycles. The van der Waals surface area contributed by atoms with E-state index in [1.54, 1.807) is 25.0 Å². The van der Waals surface area contributed by atoms with Crippen molar-refractivity contribution < 1.29 is 15.9 Å². The molecule has 0 atom stereocenters. The molecule has 0 aliphatic heterocycles. The zero-order chi connectivity index (χ0) is 11.5. The van der Waals surface area contributed by atoms with Crippen LogP contribution in [0.4, 0.5) is 0 Å². The molecule has 88 valence electrons. The molecule has 4 nitrogen and oxygen atoms in total. The molecule has 0 unspecified atom stereocenters. The van der Waals surface area contributed by atoms with Crippen LogP contribution in [0.25, 0.3) is 0 Å². The van der Waals surface area contributed by atoms with Crippen LogP contribution >= 0.6 is 19.1 Å². The molecule has 7 heteroatoms. The normalized spacial score (nSPS) is 8.53. The first-order valence-corrected chi connectivity index (χ1v) is 7.87. The van der Waals surface area contributed by atoms with Crippen molar-refractivity contribution >= 4 is 19.1 Å². The van der Waals surface area contributed by atoms with Crippen LogP contribution < -0.4 is 0 Å². The molecule has 15 heavy (non-hydrogen) atoms. The Bertz CT molecular complexity index is 277. The zero-order valence-electron chi connectivity index (χ0n) is 8.33. The summed E-state index contributed by atoms with van der Waals surface area (Å²) in [6.45, 7) is 0. The minimum atomic E-state index is -0.106. The predicted octanol–water partition coefficient (Wildman–Crippen LogP) is 2.22. The Balaban J connectivity index is 0.000000210. The summed E-state index contributed by atoms with van der Waals surface area (Å²) in [4.78, 5) is 7.57. The Hall–Kier alpha value is -0.338. The summed E-state index contributed by atoms with van der Waals surface area (Å²) in [5, 5.41) is 0. The van der Waals surface area contributed by atoms with E-state index < -0.39 is 0 Å². The molecule has 2 rings (SSSR count). The second kappa shape index (κ2) is 10.2. The molecule has 0 bridgehead atoms. The molecule has 0 radical (unpaired) electrons. The van der Waals surface area contributed by atoms with Gasteiger partial charge in [-0.15, -0.1) is 0 Å². The summed E-state index contributed by atoms with van der Waals surface area (Å²) in [7, 11) is 13.5. The molecule has 2 heterocycles.